The quantitative estimate of drug-likeness (QED) is 0.464. The number of dihydropyridines is 1. The van der Waals surface area contributed by atoms with Gasteiger partial charge < -0.3 is 21.1 Å². The minimum Gasteiger partial charge on any atom is -0.400 e. The molecule has 0 radical (unpaired) electrons. The van der Waals surface area contributed by atoms with Gasteiger partial charge in [0.1, 0.15) is 12.0 Å². The van der Waals surface area contributed by atoms with Gasteiger partial charge in [-0.05, 0) is 49.4 Å². The number of halogens is 3. The third-order valence-corrected chi connectivity index (χ3v) is 6.58. The summed E-state index contributed by atoms with van der Waals surface area (Å²) in [5.41, 5.74) is 8.38. The van der Waals surface area contributed by atoms with Crippen LogP contribution in [0.1, 0.15) is 19.4 Å². The maximum Gasteiger partial charge on any atom is 0.415 e. The number of allylic oxidation sites excluding steroid dienone is 4. The van der Waals surface area contributed by atoms with Gasteiger partial charge in [0, 0.05) is 43.1 Å². The molecule has 200 valence electrons. The van der Waals surface area contributed by atoms with Crippen molar-refractivity contribution in [3.8, 4) is 0 Å². The summed E-state index contributed by atoms with van der Waals surface area (Å²) >= 11 is 0. The molecular formula is C27H35F3N6O. The number of aryl methyl sites for hydroxylation is 1. The second-order valence-corrected chi connectivity index (χ2v) is 9.43. The van der Waals surface area contributed by atoms with Gasteiger partial charge in [-0.25, -0.2) is 4.99 Å². The highest BCUT2D eigenvalue weighted by molar-refractivity contribution is 6.09. The third-order valence-electron chi connectivity index (χ3n) is 6.58. The van der Waals surface area contributed by atoms with E-state index in [9.17, 15) is 13.2 Å². The number of anilines is 1. The van der Waals surface area contributed by atoms with Crippen molar-refractivity contribution in [1.82, 2.24) is 15.5 Å². The van der Waals surface area contributed by atoms with Crippen molar-refractivity contribution in [1.29, 1.82) is 0 Å². The lowest BCUT2D eigenvalue weighted by atomic mass is 10.00. The SMILES string of the molecule is CCc1ccc(NC2=NC(CN3CCO[C@@H](C)C3)NC/C2=C\C=C(/N)C2NC=CC=C2C(F)(F)F)cc1. The predicted molar refractivity (Wildman–Crippen MR) is 141 cm³/mol. The lowest BCUT2D eigenvalue weighted by molar-refractivity contribution is -0.0954. The molecule has 0 saturated carbocycles. The van der Waals surface area contributed by atoms with Gasteiger partial charge in [-0.3, -0.25) is 10.2 Å². The smallest absolute Gasteiger partial charge is 0.400 e. The van der Waals surface area contributed by atoms with Gasteiger partial charge in [-0.1, -0.05) is 31.2 Å². The zero-order valence-electron chi connectivity index (χ0n) is 21.2. The molecule has 10 heteroatoms. The fraction of sp³-hybridized carbons (Fsp3) is 0.444. The molecule has 7 nitrogen and oxygen atoms in total. The Bertz CT molecular complexity index is 1090. The monoisotopic (exact) mass is 516 g/mol. The van der Waals surface area contributed by atoms with Crippen LogP contribution < -0.4 is 21.7 Å². The molecule has 0 aromatic heterocycles. The Morgan fingerprint density at radius 2 is 2.08 bits per heavy atom. The molecule has 5 N–H and O–H groups in total. The van der Waals surface area contributed by atoms with Gasteiger partial charge in [-0.2, -0.15) is 13.2 Å². The van der Waals surface area contributed by atoms with Gasteiger partial charge in [0.25, 0.3) is 0 Å². The summed E-state index contributed by atoms with van der Waals surface area (Å²) in [6.45, 7) is 7.77. The molecule has 3 aliphatic heterocycles. The van der Waals surface area contributed by atoms with Gasteiger partial charge in [0.05, 0.1) is 24.3 Å². The molecule has 4 rings (SSSR count). The summed E-state index contributed by atoms with van der Waals surface area (Å²) in [5, 5.41) is 9.55. The number of amidine groups is 1. The summed E-state index contributed by atoms with van der Waals surface area (Å²) in [4.78, 5) is 7.24. The van der Waals surface area contributed by atoms with E-state index in [-0.39, 0.29) is 18.0 Å². The third kappa shape index (κ3) is 7.24. The second kappa shape index (κ2) is 12.0. The van der Waals surface area contributed by atoms with Crippen molar-refractivity contribution < 1.29 is 17.9 Å². The number of aliphatic imine (C=N–C) groups is 1. The number of nitrogens with two attached hydrogens (primary N) is 1. The summed E-state index contributed by atoms with van der Waals surface area (Å²) in [5.74, 6) is 0.668. The number of rotatable bonds is 6. The Morgan fingerprint density at radius 3 is 2.78 bits per heavy atom. The Balaban J connectivity index is 1.56. The Morgan fingerprint density at radius 1 is 1.30 bits per heavy atom. The number of hydrogen-bond acceptors (Lipinski definition) is 7. The lowest BCUT2D eigenvalue weighted by Gasteiger charge is -2.34. The molecule has 1 saturated heterocycles. The van der Waals surface area contributed by atoms with Crippen molar-refractivity contribution in [3.05, 3.63) is 77.2 Å². The molecule has 0 spiro atoms. The fourth-order valence-corrected chi connectivity index (χ4v) is 4.53. The maximum atomic E-state index is 13.5. The van der Waals surface area contributed by atoms with Crippen LogP contribution in [-0.4, -0.2) is 68.0 Å². The number of nitrogens with one attached hydrogen (secondary N) is 3. The van der Waals surface area contributed by atoms with E-state index in [1.807, 2.05) is 12.1 Å². The van der Waals surface area contributed by atoms with Gasteiger partial charge >= 0.3 is 6.18 Å². The molecule has 3 aliphatic rings. The molecule has 37 heavy (non-hydrogen) atoms. The van der Waals surface area contributed by atoms with E-state index < -0.39 is 17.8 Å². The number of morpholine rings is 1. The summed E-state index contributed by atoms with van der Waals surface area (Å²) in [6.07, 6.45) is 3.59. The zero-order valence-corrected chi connectivity index (χ0v) is 21.2. The highest BCUT2D eigenvalue weighted by Gasteiger charge is 2.39. The molecule has 1 fully saturated rings. The minimum absolute atomic E-state index is 0.0662. The highest BCUT2D eigenvalue weighted by Crippen LogP contribution is 2.31. The van der Waals surface area contributed by atoms with Crippen LogP contribution in [0.15, 0.2) is 76.6 Å². The Labute approximate surface area is 216 Å². The standard InChI is InChI=1S/C27H35F3N6O/c1-3-19-6-9-21(10-7-19)34-26-20(15-33-24(35-26)17-36-13-14-37-18(2)16-36)8-11-23(31)25-22(27(28,29)30)5-4-12-32-25/h4-12,18,24-25,32-33H,3,13-17,31H2,1-2H3,(H,34,35)/b20-8+,23-11-/t18-,24?,25?/m0/s1. The van der Waals surface area contributed by atoms with Crippen LogP contribution in [0.2, 0.25) is 0 Å². The average molecular weight is 517 g/mol. The summed E-state index contributed by atoms with van der Waals surface area (Å²) < 4.78 is 46.1. The Kier molecular flexibility index (Phi) is 8.73. The molecule has 3 heterocycles. The molecule has 3 atom stereocenters. The van der Waals surface area contributed by atoms with E-state index in [0.717, 1.165) is 43.4 Å². The first-order valence-corrected chi connectivity index (χ1v) is 12.6. The van der Waals surface area contributed by atoms with Crippen LogP contribution in [0, 0.1) is 0 Å². The first kappa shape index (κ1) is 27.0. The van der Waals surface area contributed by atoms with Gasteiger partial charge in [0.2, 0.25) is 0 Å². The van der Waals surface area contributed by atoms with Crippen LogP contribution in [0.3, 0.4) is 0 Å². The summed E-state index contributed by atoms with van der Waals surface area (Å²) in [6, 6.07) is 6.98. The molecule has 2 unspecified atom stereocenters. The Hall–Kier alpha value is -3.08. The topological polar surface area (TPSA) is 86.9 Å². The van der Waals surface area contributed by atoms with E-state index in [4.69, 9.17) is 15.5 Å². The second-order valence-electron chi connectivity index (χ2n) is 9.43. The normalized spacial score (nSPS) is 26.5. The van der Waals surface area contributed by atoms with Crippen LogP contribution in [0.4, 0.5) is 18.9 Å². The van der Waals surface area contributed by atoms with E-state index >= 15 is 0 Å². The molecule has 0 aliphatic carbocycles. The van der Waals surface area contributed by atoms with E-state index in [1.54, 1.807) is 6.08 Å². The maximum absolute atomic E-state index is 13.5. The minimum atomic E-state index is -4.48. The summed E-state index contributed by atoms with van der Waals surface area (Å²) in [7, 11) is 0. The van der Waals surface area contributed by atoms with Crippen LogP contribution in [-0.2, 0) is 11.2 Å². The number of hydrogen-bond donors (Lipinski definition) is 4. The van der Waals surface area contributed by atoms with E-state index in [0.29, 0.717) is 19.0 Å². The van der Waals surface area contributed by atoms with Crippen LogP contribution >= 0.6 is 0 Å². The fourth-order valence-electron chi connectivity index (χ4n) is 4.53. The molecule has 1 aromatic rings. The average Bonchev–Trinajstić information content (AvgIpc) is 2.88. The highest BCUT2D eigenvalue weighted by atomic mass is 19.4. The van der Waals surface area contributed by atoms with Crippen molar-refractivity contribution in [2.24, 2.45) is 10.7 Å². The first-order chi connectivity index (χ1) is 17.7. The van der Waals surface area contributed by atoms with E-state index in [1.165, 1.54) is 23.9 Å². The zero-order chi connectivity index (χ0) is 26.4. The number of nitrogens with zero attached hydrogens (tertiary/aromatic N) is 2. The van der Waals surface area contributed by atoms with E-state index in [2.05, 4.69) is 46.8 Å². The lowest BCUT2D eigenvalue weighted by Crippen LogP contribution is -2.50. The predicted octanol–water partition coefficient (Wildman–Crippen LogP) is 3.45. The van der Waals surface area contributed by atoms with Crippen LogP contribution in [0.5, 0.6) is 0 Å². The molecule has 0 bridgehead atoms. The number of benzene rings is 1. The van der Waals surface area contributed by atoms with Gasteiger partial charge in [-0.15, -0.1) is 0 Å². The molecule has 0 amide bonds. The van der Waals surface area contributed by atoms with Gasteiger partial charge in [0.15, 0.2) is 0 Å². The largest absolute Gasteiger partial charge is 0.415 e. The van der Waals surface area contributed by atoms with Crippen molar-refractivity contribution in [2.75, 3.05) is 38.1 Å². The van der Waals surface area contributed by atoms with Crippen LogP contribution in [0.25, 0.3) is 0 Å². The number of ether oxygens (including phenoxy) is 1. The first-order valence-electron chi connectivity index (χ1n) is 12.6. The molecular weight excluding hydrogens is 481 g/mol. The van der Waals surface area contributed by atoms with Crippen molar-refractivity contribution in [2.45, 2.75) is 44.8 Å². The molecule has 1 aromatic carbocycles. The van der Waals surface area contributed by atoms with Crippen molar-refractivity contribution in [3.63, 3.8) is 0 Å². The number of alkyl halides is 3. The van der Waals surface area contributed by atoms with Crippen molar-refractivity contribution >= 4 is 11.5 Å².